The zero-order chi connectivity index (χ0) is 7.78. The molecule has 0 aliphatic heterocycles. The van der Waals surface area contributed by atoms with E-state index in [0.29, 0.717) is 18.8 Å². The lowest BCUT2D eigenvalue weighted by Gasteiger charge is -2.39. The van der Waals surface area contributed by atoms with Crippen molar-refractivity contribution in [2.24, 2.45) is 5.92 Å². The molecule has 1 aliphatic carbocycles. The van der Waals surface area contributed by atoms with Crippen molar-refractivity contribution < 1.29 is 15.0 Å². The van der Waals surface area contributed by atoms with E-state index in [4.69, 9.17) is 5.11 Å². The van der Waals surface area contributed by atoms with Crippen LogP contribution in [0.2, 0.25) is 0 Å². The number of aliphatic carboxylic acids is 1. The highest BCUT2D eigenvalue weighted by Gasteiger charge is 2.47. The lowest BCUT2D eigenvalue weighted by Crippen LogP contribution is -2.50. The van der Waals surface area contributed by atoms with Gasteiger partial charge in [-0.2, -0.15) is 0 Å². The fourth-order valence-electron chi connectivity index (χ4n) is 1.36. The van der Waals surface area contributed by atoms with Crippen molar-refractivity contribution >= 4 is 5.97 Å². The molecule has 0 atom stereocenters. The van der Waals surface area contributed by atoms with Gasteiger partial charge in [0.15, 0.2) is 5.60 Å². The van der Waals surface area contributed by atoms with E-state index in [1.807, 2.05) is 6.92 Å². The minimum absolute atomic E-state index is 0.418. The molecule has 1 aliphatic rings. The lowest BCUT2D eigenvalue weighted by molar-refractivity contribution is -0.174. The van der Waals surface area contributed by atoms with Gasteiger partial charge in [-0.3, -0.25) is 0 Å². The summed E-state index contributed by atoms with van der Waals surface area (Å²) in [5, 5.41) is 17.6. The molecule has 0 aromatic carbocycles. The van der Waals surface area contributed by atoms with Crippen LogP contribution in [-0.2, 0) is 4.79 Å². The van der Waals surface area contributed by atoms with Gasteiger partial charge in [-0.1, -0.05) is 13.3 Å². The number of hydrogen-bond acceptors (Lipinski definition) is 2. The minimum Gasteiger partial charge on any atom is -0.479 e. The van der Waals surface area contributed by atoms with E-state index in [0.717, 1.165) is 6.42 Å². The van der Waals surface area contributed by atoms with Crippen LogP contribution in [0.25, 0.3) is 0 Å². The number of hydrogen-bond donors (Lipinski definition) is 2. The predicted molar refractivity (Wildman–Crippen MR) is 35.6 cm³/mol. The Kier molecular flexibility index (Phi) is 1.68. The van der Waals surface area contributed by atoms with E-state index >= 15 is 0 Å². The number of carbonyl (C=O) groups is 1. The number of carboxylic acid groups (broad SMARTS) is 1. The maximum absolute atomic E-state index is 10.3. The second-order valence-corrected chi connectivity index (χ2v) is 3.02. The fourth-order valence-corrected chi connectivity index (χ4v) is 1.36. The number of carboxylic acids is 1. The van der Waals surface area contributed by atoms with Gasteiger partial charge in [-0.15, -0.1) is 0 Å². The van der Waals surface area contributed by atoms with Gasteiger partial charge in [0.2, 0.25) is 0 Å². The van der Waals surface area contributed by atoms with Crippen LogP contribution < -0.4 is 0 Å². The van der Waals surface area contributed by atoms with Gasteiger partial charge in [0.1, 0.15) is 0 Å². The van der Waals surface area contributed by atoms with Gasteiger partial charge in [0.25, 0.3) is 0 Å². The molecule has 2 N–H and O–H groups in total. The third-order valence-electron chi connectivity index (χ3n) is 2.23. The average Bonchev–Trinajstić information content (AvgIpc) is 1.80. The van der Waals surface area contributed by atoms with Crippen LogP contribution in [0.3, 0.4) is 0 Å². The highest BCUT2D eigenvalue weighted by Crippen LogP contribution is 2.39. The molecule has 1 saturated carbocycles. The Morgan fingerprint density at radius 1 is 1.70 bits per heavy atom. The average molecular weight is 144 g/mol. The molecule has 3 nitrogen and oxygen atoms in total. The van der Waals surface area contributed by atoms with Crippen LogP contribution in [0, 0.1) is 5.92 Å². The van der Waals surface area contributed by atoms with Crippen LogP contribution in [0.5, 0.6) is 0 Å². The summed E-state index contributed by atoms with van der Waals surface area (Å²) in [6, 6.07) is 0. The van der Waals surface area contributed by atoms with Crippen LogP contribution in [0.15, 0.2) is 0 Å². The number of rotatable bonds is 2. The van der Waals surface area contributed by atoms with Gasteiger partial charge < -0.3 is 10.2 Å². The Bertz CT molecular complexity index is 147. The highest BCUT2D eigenvalue weighted by atomic mass is 16.4. The molecule has 58 valence electrons. The second-order valence-electron chi connectivity index (χ2n) is 3.02. The molecule has 0 unspecified atom stereocenters. The first kappa shape index (κ1) is 7.54. The van der Waals surface area contributed by atoms with E-state index in [1.165, 1.54) is 0 Å². The monoisotopic (exact) mass is 144 g/mol. The Balaban J connectivity index is 2.42. The van der Waals surface area contributed by atoms with E-state index in [-0.39, 0.29) is 0 Å². The molecule has 0 spiro atoms. The van der Waals surface area contributed by atoms with E-state index in [9.17, 15) is 9.90 Å². The summed E-state index contributed by atoms with van der Waals surface area (Å²) in [6.45, 7) is 2.01. The molecule has 0 bridgehead atoms. The summed E-state index contributed by atoms with van der Waals surface area (Å²) in [7, 11) is 0. The topological polar surface area (TPSA) is 57.5 Å². The standard InChI is InChI=1S/C7H12O3/c1-2-5-3-7(10,4-5)6(8)9/h5,10H,2-4H2,1H3,(H,8,9). The summed E-state index contributed by atoms with van der Waals surface area (Å²) < 4.78 is 0. The molecule has 0 radical (unpaired) electrons. The highest BCUT2D eigenvalue weighted by molar-refractivity contribution is 5.78. The van der Waals surface area contributed by atoms with Gasteiger partial charge in [0, 0.05) is 0 Å². The molecule has 1 fully saturated rings. The van der Waals surface area contributed by atoms with Crippen LogP contribution in [-0.4, -0.2) is 21.8 Å². The normalized spacial score (nSPS) is 38.8. The smallest absolute Gasteiger partial charge is 0.335 e. The molecule has 3 heteroatoms. The minimum atomic E-state index is -1.39. The maximum atomic E-state index is 10.3. The first-order chi connectivity index (χ1) is 4.58. The van der Waals surface area contributed by atoms with Gasteiger partial charge in [-0.05, 0) is 18.8 Å². The Labute approximate surface area is 59.7 Å². The summed E-state index contributed by atoms with van der Waals surface area (Å²) in [4.78, 5) is 10.3. The third-order valence-corrected chi connectivity index (χ3v) is 2.23. The maximum Gasteiger partial charge on any atom is 0.335 e. The fraction of sp³-hybridized carbons (Fsp3) is 0.857. The van der Waals surface area contributed by atoms with Crippen molar-refractivity contribution in [2.75, 3.05) is 0 Å². The van der Waals surface area contributed by atoms with E-state index in [1.54, 1.807) is 0 Å². The van der Waals surface area contributed by atoms with Gasteiger partial charge in [0.05, 0.1) is 0 Å². The SMILES string of the molecule is CCC1CC(O)(C(=O)O)C1. The van der Waals surface area contributed by atoms with Crippen LogP contribution in [0.1, 0.15) is 26.2 Å². The van der Waals surface area contributed by atoms with E-state index < -0.39 is 11.6 Å². The molecule has 1 rings (SSSR count). The van der Waals surface area contributed by atoms with Crippen molar-refractivity contribution in [3.8, 4) is 0 Å². The van der Waals surface area contributed by atoms with Gasteiger partial charge >= 0.3 is 5.97 Å². The largest absolute Gasteiger partial charge is 0.479 e. The van der Waals surface area contributed by atoms with Crippen molar-refractivity contribution in [3.63, 3.8) is 0 Å². The van der Waals surface area contributed by atoms with Crippen molar-refractivity contribution in [1.29, 1.82) is 0 Å². The molecular formula is C7H12O3. The molecule has 0 saturated heterocycles. The Morgan fingerprint density at radius 3 is 2.50 bits per heavy atom. The quantitative estimate of drug-likeness (QED) is 0.597. The van der Waals surface area contributed by atoms with Crippen LogP contribution >= 0.6 is 0 Å². The molecule has 10 heavy (non-hydrogen) atoms. The van der Waals surface area contributed by atoms with Crippen molar-refractivity contribution in [1.82, 2.24) is 0 Å². The van der Waals surface area contributed by atoms with E-state index in [2.05, 4.69) is 0 Å². The summed E-state index contributed by atoms with van der Waals surface area (Å²) in [6.07, 6.45) is 1.83. The first-order valence-corrected chi connectivity index (χ1v) is 3.54. The zero-order valence-electron chi connectivity index (χ0n) is 6.00. The molecule has 0 heterocycles. The third kappa shape index (κ3) is 1.01. The van der Waals surface area contributed by atoms with Gasteiger partial charge in [-0.25, -0.2) is 4.79 Å². The second kappa shape index (κ2) is 2.23. The molecular weight excluding hydrogens is 132 g/mol. The molecule has 0 amide bonds. The van der Waals surface area contributed by atoms with Crippen molar-refractivity contribution in [2.45, 2.75) is 31.8 Å². The summed E-state index contributed by atoms with van der Waals surface area (Å²) in [5.41, 5.74) is -1.39. The Morgan fingerprint density at radius 2 is 2.20 bits per heavy atom. The first-order valence-electron chi connectivity index (χ1n) is 3.54. The zero-order valence-corrected chi connectivity index (χ0v) is 6.00. The van der Waals surface area contributed by atoms with Crippen molar-refractivity contribution in [3.05, 3.63) is 0 Å². The summed E-state index contributed by atoms with van der Waals surface area (Å²) >= 11 is 0. The number of aliphatic hydroxyl groups is 1. The predicted octanol–water partition coefficient (Wildman–Crippen LogP) is 0.622. The molecule has 0 aromatic heterocycles. The Hall–Kier alpha value is -0.570. The lowest BCUT2D eigenvalue weighted by atomic mass is 9.70. The summed E-state index contributed by atoms with van der Waals surface area (Å²) in [5.74, 6) is -0.654. The van der Waals surface area contributed by atoms with Crippen LogP contribution in [0.4, 0.5) is 0 Å². The molecule has 0 aromatic rings.